The van der Waals surface area contributed by atoms with Gasteiger partial charge in [0.1, 0.15) is 5.82 Å². The van der Waals surface area contributed by atoms with Crippen molar-refractivity contribution in [1.82, 2.24) is 19.7 Å². The van der Waals surface area contributed by atoms with Crippen molar-refractivity contribution >= 4 is 40.0 Å². The lowest BCUT2D eigenvalue weighted by atomic mass is 10.2. The Morgan fingerprint density at radius 3 is 2.63 bits per heavy atom. The smallest absolute Gasteiger partial charge is 0.337 e. The molecule has 0 radical (unpaired) electrons. The van der Waals surface area contributed by atoms with Gasteiger partial charge in [0.15, 0.2) is 0 Å². The highest BCUT2D eigenvalue weighted by Gasteiger charge is 2.11. The molecule has 1 N–H and O–H groups in total. The molecule has 0 saturated heterocycles. The molecule has 8 nitrogen and oxygen atoms in total. The molecule has 0 aliphatic rings. The summed E-state index contributed by atoms with van der Waals surface area (Å²) in [6.07, 6.45) is 1.70. The summed E-state index contributed by atoms with van der Waals surface area (Å²) in [6.45, 7) is 2.05. The normalized spacial score (nSPS) is 10.8. The van der Waals surface area contributed by atoms with E-state index in [2.05, 4.69) is 39.4 Å². The van der Waals surface area contributed by atoms with Crippen LogP contribution in [0.3, 0.4) is 0 Å². The van der Waals surface area contributed by atoms with Gasteiger partial charge < -0.3 is 15.0 Å². The number of ether oxygens (including phenoxy) is 1. The van der Waals surface area contributed by atoms with Crippen molar-refractivity contribution in [3.63, 3.8) is 0 Å². The molecule has 2 heterocycles. The number of esters is 1. The third kappa shape index (κ3) is 3.67. The van der Waals surface area contributed by atoms with Crippen molar-refractivity contribution in [2.45, 2.75) is 6.92 Å². The van der Waals surface area contributed by atoms with E-state index < -0.39 is 0 Å². The minimum Gasteiger partial charge on any atom is -0.465 e. The molecule has 0 fully saturated rings. The number of anilines is 4. The minimum atomic E-state index is -0.374. The zero-order valence-electron chi connectivity index (χ0n) is 17.2. The lowest BCUT2D eigenvalue weighted by molar-refractivity contribution is 0.0601. The van der Waals surface area contributed by atoms with Crippen LogP contribution in [0, 0.1) is 6.92 Å². The molecule has 8 heteroatoms. The summed E-state index contributed by atoms with van der Waals surface area (Å²) in [5.74, 6) is 0.826. The maximum atomic E-state index is 11.6. The second kappa shape index (κ2) is 7.82. The molecule has 0 aliphatic heterocycles. The maximum Gasteiger partial charge on any atom is 0.337 e. The third-order valence-corrected chi connectivity index (χ3v) is 5.05. The van der Waals surface area contributed by atoms with E-state index in [1.165, 1.54) is 7.11 Å². The molecule has 4 rings (SSSR count). The van der Waals surface area contributed by atoms with Crippen LogP contribution in [-0.4, -0.2) is 39.9 Å². The number of hydrogen-bond donors (Lipinski definition) is 1. The Labute approximate surface area is 174 Å². The molecular formula is C22H22N6O2. The first-order chi connectivity index (χ1) is 14.5. The summed E-state index contributed by atoms with van der Waals surface area (Å²) in [7, 11) is 5.25. The second-order valence-corrected chi connectivity index (χ2v) is 6.90. The summed E-state index contributed by atoms with van der Waals surface area (Å²) >= 11 is 0. The number of aromatic nitrogens is 4. The van der Waals surface area contributed by atoms with Crippen LogP contribution in [0.5, 0.6) is 0 Å². The molecule has 30 heavy (non-hydrogen) atoms. The highest BCUT2D eigenvalue weighted by atomic mass is 16.5. The standard InChI is InChI=1S/C22H22N6O2/c1-14-18-10-9-17(13-19(18)26-28(14)3)27(2)20-11-12-23-22(25-20)24-16-7-5-15(6-8-16)21(29)30-4/h5-13H,1-4H3,(H,23,24,25). The monoisotopic (exact) mass is 402 g/mol. The molecule has 0 bridgehead atoms. The average molecular weight is 402 g/mol. The Kier molecular flexibility index (Phi) is 5.05. The molecule has 0 saturated carbocycles. The predicted octanol–water partition coefficient (Wildman–Crippen LogP) is 3.97. The molecule has 0 amide bonds. The van der Waals surface area contributed by atoms with Gasteiger partial charge >= 0.3 is 5.97 Å². The highest BCUT2D eigenvalue weighted by molar-refractivity contribution is 5.89. The van der Waals surface area contributed by atoms with Crippen LogP contribution in [-0.2, 0) is 11.8 Å². The van der Waals surface area contributed by atoms with Crippen molar-refractivity contribution in [2.75, 3.05) is 24.4 Å². The van der Waals surface area contributed by atoms with E-state index in [-0.39, 0.29) is 5.97 Å². The zero-order chi connectivity index (χ0) is 21.3. The lowest BCUT2D eigenvalue weighted by Gasteiger charge is -2.19. The fraction of sp³-hybridized carbons (Fsp3) is 0.182. The molecule has 4 aromatic rings. The van der Waals surface area contributed by atoms with Gasteiger partial charge in [-0.2, -0.15) is 10.1 Å². The summed E-state index contributed by atoms with van der Waals surface area (Å²) in [4.78, 5) is 22.4. The Morgan fingerprint density at radius 1 is 1.13 bits per heavy atom. The van der Waals surface area contributed by atoms with Crippen LogP contribution in [0.2, 0.25) is 0 Å². The number of carbonyl (C=O) groups is 1. The Balaban J connectivity index is 1.56. The predicted molar refractivity (Wildman–Crippen MR) is 117 cm³/mol. The van der Waals surface area contributed by atoms with E-state index in [0.717, 1.165) is 33.8 Å². The van der Waals surface area contributed by atoms with Crippen molar-refractivity contribution in [2.24, 2.45) is 7.05 Å². The number of aryl methyl sites for hydroxylation is 2. The van der Waals surface area contributed by atoms with Crippen LogP contribution < -0.4 is 10.2 Å². The van der Waals surface area contributed by atoms with Gasteiger partial charge in [0.2, 0.25) is 5.95 Å². The molecule has 0 spiro atoms. The first-order valence-electron chi connectivity index (χ1n) is 9.42. The number of fused-ring (bicyclic) bond motifs is 1. The van der Waals surface area contributed by atoms with Crippen LogP contribution >= 0.6 is 0 Å². The van der Waals surface area contributed by atoms with Crippen molar-refractivity contribution in [3.05, 3.63) is 66.0 Å². The summed E-state index contributed by atoms with van der Waals surface area (Å²) in [5, 5.41) is 8.85. The number of hydrogen-bond acceptors (Lipinski definition) is 7. The third-order valence-electron chi connectivity index (χ3n) is 5.05. The second-order valence-electron chi connectivity index (χ2n) is 6.90. The SMILES string of the molecule is COC(=O)c1ccc(Nc2nccc(N(C)c3ccc4c(C)n(C)nc4c3)n2)cc1. The molecule has 2 aromatic heterocycles. The van der Waals surface area contributed by atoms with Gasteiger partial charge in [-0.25, -0.2) is 9.78 Å². The summed E-state index contributed by atoms with van der Waals surface area (Å²) in [5.41, 5.74) is 4.31. The van der Waals surface area contributed by atoms with E-state index >= 15 is 0 Å². The zero-order valence-corrected chi connectivity index (χ0v) is 17.2. The van der Waals surface area contributed by atoms with Gasteiger partial charge in [0.05, 0.1) is 18.2 Å². The van der Waals surface area contributed by atoms with Crippen molar-refractivity contribution < 1.29 is 9.53 Å². The van der Waals surface area contributed by atoms with Gasteiger partial charge in [-0.1, -0.05) is 0 Å². The number of carbonyl (C=O) groups excluding carboxylic acids is 1. The van der Waals surface area contributed by atoms with Crippen LogP contribution in [0.25, 0.3) is 10.9 Å². The van der Waals surface area contributed by atoms with E-state index in [0.29, 0.717) is 11.5 Å². The topological polar surface area (TPSA) is 85.2 Å². The fourth-order valence-corrected chi connectivity index (χ4v) is 3.19. The molecule has 2 aromatic carbocycles. The fourth-order valence-electron chi connectivity index (χ4n) is 3.19. The molecule has 0 atom stereocenters. The summed E-state index contributed by atoms with van der Waals surface area (Å²) in [6, 6.07) is 15.0. The number of methoxy groups -OCH3 is 1. The van der Waals surface area contributed by atoms with Gasteiger partial charge in [0.25, 0.3) is 0 Å². The molecule has 152 valence electrons. The van der Waals surface area contributed by atoms with Gasteiger partial charge in [-0.15, -0.1) is 0 Å². The summed E-state index contributed by atoms with van der Waals surface area (Å²) < 4.78 is 6.60. The van der Waals surface area contributed by atoms with E-state index in [9.17, 15) is 4.79 Å². The number of rotatable bonds is 5. The van der Waals surface area contributed by atoms with E-state index in [1.54, 1.807) is 30.5 Å². The quantitative estimate of drug-likeness (QED) is 0.506. The Bertz CT molecular complexity index is 1220. The number of benzene rings is 2. The van der Waals surface area contributed by atoms with Crippen LogP contribution in [0.4, 0.5) is 23.1 Å². The average Bonchev–Trinajstić information content (AvgIpc) is 3.06. The first kappa shape index (κ1) is 19.4. The highest BCUT2D eigenvalue weighted by Crippen LogP contribution is 2.27. The number of nitrogens with zero attached hydrogens (tertiary/aromatic N) is 5. The first-order valence-corrected chi connectivity index (χ1v) is 9.42. The van der Waals surface area contributed by atoms with Gasteiger partial charge in [-0.3, -0.25) is 4.68 Å². The van der Waals surface area contributed by atoms with Gasteiger partial charge in [0, 0.05) is 42.7 Å². The molecule has 0 unspecified atom stereocenters. The van der Waals surface area contributed by atoms with Crippen molar-refractivity contribution in [1.29, 1.82) is 0 Å². The minimum absolute atomic E-state index is 0.374. The Hall–Kier alpha value is -3.94. The van der Waals surface area contributed by atoms with Crippen LogP contribution in [0.15, 0.2) is 54.7 Å². The van der Waals surface area contributed by atoms with Crippen LogP contribution in [0.1, 0.15) is 16.1 Å². The molecule has 0 aliphatic carbocycles. The van der Waals surface area contributed by atoms with Gasteiger partial charge in [-0.05, 0) is 55.5 Å². The van der Waals surface area contributed by atoms with Crippen molar-refractivity contribution in [3.8, 4) is 0 Å². The Morgan fingerprint density at radius 2 is 1.90 bits per heavy atom. The largest absolute Gasteiger partial charge is 0.465 e. The molecular weight excluding hydrogens is 380 g/mol. The lowest BCUT2D eigenvalue weighted by Crippen LogP contribution is -2.12. The maximum absolute atomic E-state index is 11.6. The van der Waals surface area contributed by atoms with E-state index in [1.807, 2.05) is 35.8 Å². The van der Waals surface area contributed by atoms with E-state index in [4.69, 9.17) is 4.74 Å². The number of nitrogens with one attached hydrogen (secondary N) is 1.